The molecule has 0 saturated carbocycles. The summed E-state index contributed by atoms with van der Waals surface area (Å²) in [5, 5.41) is 36.0. The first-order valence-electron chi connectivity index (χ1n) is 15.3. The zero-order chi connectivity index (χ0) is 36.2. The van der Waals surface area contributed by atoms with Crippen LogP contribution in [0.15, 0.2) is 34.1 Å². The number of ether oxygens (including phenoxy) is 1. The number of fused-ring (bicyclic) bond motifs is 3. The number of carbonyl (C=O) groups is 5. The number of β-lactam (4-membered cyclic amide) rings is 1. The van der Waals surface area contributed by atoms with E-state index < -0.39 is 52.8 Å². The van der Waals surface area contributed by atoms with Crippen LogP contribution in [-0.4, -0.2) is 132 Å². The summed E-state index contributed by atoms with van der Waals surface area (Å²) in [6, 6.07) is 1.44. The van der Waals surface area contributed by atoms with E-state index in [9.17, 15) is 34.2 Å². The molecule has 6 N–H and O–H groups in total. The molecule has 0 radical (unpaired) electrons. The summed E-state index contributed by atoms with van der Waals surface area (Å²) in [4.78, 5) is 75.8. The van der Waals surface area contributed by atoms with Crippen molar-refractivity contribution in [1.29, 1.82) is 0 Å². The first-order valence-corrected chi connectivity index (χ1v) is 17.6. The smallest absolute Gasteiger partial charge is 0.347 e. The summed E-state index contributed by atoms with van der Waals surface area (Å²) in [5.41, 5.74) is 6.19. The number of nitrogen functional groups attached to an aromatic ring is 1. The van der Waals surface area contributed by atoms with Crippen LogP contribution in [0.25, 0.3) is 0 Å². The lowest BCUT2D eigenvalue weighted by Crippen LogP contribution is -2.71. The Morgan fingerprint density at radius 2 is 2.02 bits per heavy atom. The highest BCUT2D eigenvalue weighted by molar-refractivity contribution is 8.00. The van der Waals surface area contributed by atoms with Crippen LogP contribution in [0, 0.1) is 0 Å². The molecule has 266 valence electrons. The van der Waals surface area contributed by atoms with Crippen LogP contribution in [0.3, 0.4) is 0 Å². The number of phenols is 2. The van der Waals surface area contributed by atoms with Crippen LogP contribution < -0.4 is 11.1 Å². The molecule has 17 nitrogen and oxygen atoms in total. The first-order chi connectivity index (χ1) is 23.6. The number of nitrogens with two attached hydrogens (primary N) is 1. The van der Waals surface area contributed by atoms with E-state index in [2.05, 4.69) is 15.5 Å². The van der Waals surface area contributed by atoms with Gasteiger partial charge in [0.15, 0.2) is 22.3 Å². The molecule has 0 spiro atoms. The van der Waals surface area contributed by atoms with Crippen molar-refractivity contribution in [2.45, 2.75) is 49.9 Å². The van der Waals surface area contributed by atoms with Crippen molar-refractivity contribution in [3.8, 4) is 11.5 Å². The van der Waals surface area contributed by atoms with Crippen LogP contribution >= 0.6 is 34.7 Å². The largest absolute Gasteiger partial charge is 0.504 e. The van der Waals surface area contributed by atoms with Gasteiger partial charge in [-0.1, -0.05) is 16.8 Å². The number of carboxylic acid groups (broad SMARTS) is 1. The number of phenolic OH excluding ortho intramolecular Hbond substituents is 2. The van der Waals surface area contributed by atoms with Crippen molar-refractivity contribution < 1.29 is 53.3 Å². The molecule has 6 rings (SSSR count). The van der Waals surface area contributed by atoms with Gasteiger partial charge in [-0.05, 0) is 19.1 Å². The number of carbonyl (C=O) groups excluding carboxylic acids is 4. The van der Waals surface area contributed by atoms with E-state index in [4.69, 9.17) is 32.0 Å². The number of oxime groups is 1. The van der Waals surface area contributed by atoms with E-state index in [1.807, 2.05) is 7.05 Å². The van der Waals surface area contributed by atoms with Gasteiger partial charge >= 0.3 is 11.9 Å². The Balaban J connectivity index is 1.17. The average Bonchev–Trinajstić information content (AvgIpc) is 3.77. The van der Waals surface area contributed by atoms with E-state index in [0.29, 0.717) is 36.3 Å². The number of anilines is 1. The van der Waals surface area contributed by atoms with Crippen LogP contribution in [0.5, 0.6) is 11.5 Å². The molecule has 2 aromatic rings. The summed E-state index contributed by atoms with van der Waals surface area (Å²) in [6.07, 6.45) is -0.666. The fourth-order valence-electron chi connectivity index (χ4n) is 6.66. The predicted molar refractivity (Wildman–Crippen MR) is 179 cm³/mol. The van der Waals surface area contributed by atoms with Gasteiger partial charge in [0.1, 0.15) is 29.7 Å². The molecule has 6 atom stereocenters. The maximum absolute atomic E-state index is 13.6. The number of piperazine rings is 1. The topological polar surface area (TPSA) is 234 Å². The maximum Gasteiger partial charge on any atom is 0.347 e. The molecule has 4 aliphatic rings. The Kier molecular flexibility index (Phi) is 9.35. The highest BCUT2D eigenvalue weighted by Gasteiger charge is 2.58. The number of thioether (sulfide) groups is 1. The number of halogens is 1. The number of hydrogen-bond acceptors (Lipinski definition) is 14. The summed E-state index contributed by atoms with van der Waals surface area (Å²) in [6.45, 7) is 3.86. The molecule has 1 aromatic heterocycles. The lowest BCUT2D eigenvalue weighted by atomic mass is 10.0. The standard InChI is InChI=1S/C30H32ClN7O10S2/c1-12(29(45)46)48-35-21(18-11-50-30(32)33-18)24(42)34-22-26(44)37-27(47-13(2)39)14(10-49-28(22)37)8-38(3)9-15-6-16(38)7-36(15)25(43)17-4-5-19(40)23(41)20(17)31/h4-5,11-12,15-16,22,28H,6-10H2,1-3H3,(H5-,32,33,34,35,40,41,42,43,45,46)/p+1/t12-,15+,16+,22+,28+,38?/m0/s1. The Bertz CT molecular complexity index is 1870. The minimum atomic E-state index is -1.37. The fourth-order valence-corrected chi connectivity index (χ4v) is 8.76. The Hall–Kier alpha value is -4.59. The molecule has 4 aliphatic heterocycles. The first kappa shape index (κ1) is 35.2. The lowest BCUT2D eigenvalue weighted by Gasteiger charge is -2.50. The van der Waals surface area contributed by atoms with Crippen LogP contribution in [0.2, 0.25) is 5.02 Å². The van der Waals surface area contributed by atoms with Gasteiger partial charge in [-0.15, -0.1) is 23.1 Å². The summed E-state index contributed by atoms with van der Waals surface area (Å²) < 4.78 is 6.14. The van der Waals surface area contributed by atoms with Crippen molar-refractivity contribution in [1.82, 2.24) is 20.1 Å². The average molecular weight is 751 g/mol. The van der Waals surface area contributed by atoms with E-state index in [-0.39, 0.29) is 51.0 Å². The Labute approximate surface area is 297 Å². The number of aliphatic carboxylic acids is 1. The van der Waals surface area contributed by atoms with Crippen molar-refractivity contribution >= 4 is 75.2 Å². The minimum Gasteiger partial charge on any atom is -0.504 e. The predicted octanol–water partition coefficient (Wildman–Crippen LogP) is 0.902. The zero-order valence-electron chi connectivity index (χ0n) is 26.9. The number of nitrogens with zero attached hydrogens (tertiary/aromatic N) is 5. The molecule has 1 unspecified atom stereocenters. The van der Waals surface area contributed by atoms with Crippen molar-refractivity contribution in [3.05, 3.63) is 45.2 Å². The number of benzene rings is 1. The van der Waals surface area contributed by atoms with Gasteiger partial charge in [0.05, 0.1) is 42.3 Å². The fraction of sp³-hybridized carbons (Fsp3) is 0.433. The highest BCUT2D eigenvalue weighted by atomic mass is 35.5. The molecule has 3 amide bonds. The SMILES string of the molecule is CC(=O)OC1=C(C[N+]2(C)C[C@H]3C[C@@H]2CN3C(=O)c2ccc(O)c(O)c2Cl)CS[C@@H]2[C@H](NC(=O)/C(=N\O[C@@H](C)C(=O)O)c3csc(N)n3)C(=O)N12. The third-order valence-corrected chi connectivity index (χ3v) is 11.6. The number of aromatic nitrogens is 1. The Morgan fingerprint density at radius 1 is 1.28 bits per heavy atom. The van der Waals surface area contributed by atoms with E-state index in [0.717, 1.165) is 16.9 Å². The van der Waals surface area contributed by atoms with Gasteiger partial charge in [-0.3, -0.25) is 24.1 Å². The number of rotatable bonds is 10. The van der Waals surface area contributed by atoms with E-state index in [1.54, 1.807) is 4.90 Å². The molecule has 2 bridgehead atoms. The monoisotopic (exact) mass is 750 g/mol. The zero-order valence-corrected chi connectivity index (χ0v) is 29.3. The number of likely N-dealkylation sites (tertiary alicyclic amines) is 2. The van der Waals surface area contributed by atoms with Crippen molar-refractivity contribution in [3.63, 3.8) is 0 Å². The molecule has 3 fully saturated rings. The second-order valence-corrected chi connectivity index (χ2v) is 14.9. The highest BCUT2D eigenvalue weighted by Crippen LogP contribution is 2.44. The van der Waals surface area contributed by atoms with Gasteiger partial charge < -0.3 is 45.3 Å². The lowest BCUT2D eigenvalue weighted by molar-refractivity contribution is -0.920. The van der Waals surface area contributed by atoms with E-state index in [1.165, 1.54) is 48.0 Å². The van der Waals surface area contributed by atoms with Gasteiger partial charge in [0.2, 0.25) is 12.0 Å². The molecule has 5 heterocycles. The normalized spacial score (nSPS) is 26.3. The Morgan fingerprint density at radius 3 is 2.64 bits per heavy atom. The van der Waals surface area contributed by atoms with Crippen LogP contribution in [-0.2, 0) is 28.8 Å². The molecule has 20 heteroatoms. The number of thiazole rings is 1. The number of quaternary nitrogens is 1. The minimum absolute atomic E-state index is 0.0184. The van der Waals surface area contributed by atoms with Crippen molar-refractivity contribution in [2.75, 3.05) is 38.2 Å². The van der Waals surface area contributed by atoms with Crippen molar-refractivity contribution in [2.24, 2.45) is 5.16 Å². The van der Waals surface area contributed by atoms with Gasteiger partial charge in [0.25, 0.3) is 17.7 Å². The summed E-state index contributed by atoms with van der Waals surface area (Å²) in [5.74, 6) is -4.15. The number of aromatic hydroxyl groups is 2. The third kappa shape index (κ3) is 6.29. The number of carboxylic acids is 1. The third-order valence-electron chi connectivity index (χ3n) is 9.19. The van der Waals surface area contributed by atoms with Gasteiger partial charge in [0, 0.05) is 24.5 Å². The summed E-state index contributed by atoms with van der Waals surface area (Å²) >= 11 is 8.58. The van der Waals surface area contributed by atoms with Gasteiger partial charge in [-0.25, -0.2) is 9.78 Å². The van der Waals surface area contributed by atoms with E-state index >= 15 is 0 Å². The quantitative estimate of drug-likeness (QED) is 0.0568. The number of hydrogen-bond donors (Lipinski definition) is 5. The van der Waals surface area contributed by atoms with Gasteiger partial charge in [-0.2, -0.15) is 0 Å². The molecular formula is C30H33ClN7O10S2+. The molecule has 0 aliphatic carbocycles. The number of esters is 1. The molecule has 3 saturated heterocycles. The second kappa shape index (κ2) is 13.3. The van der Waals surface area contributed by atoms with Crippen LogP contribution in [0.4, 0.5) is 5.13 Å². The molecule has 1 aromatic carbocycles. The number of likely N-dealkylation sites (N-methyl/N-ethyl adjacent to an activating group) is 1. The second-order valence-electron chi connectivity index (χ2n) is 12.6. The number of nitrogens with one attached hydrogen (secondary N) is 1. The molecular weight excluding hydrogens is 718 g/mol. The number of amides is 3. The molecule has 50 heavy (non-hydrogen) atoms. The maximum atomic E-state index is 13.6. The van der Waals surface area contributed by atoms with Crippen LogP contribution in [0.1, 0.15) is 36.3 Å². The summed E-state index contributed by atoms with van der Waals surface area (Å²) in [7, 11) is 2.04.